The maximum absolute atomic E-state index is 13.6. The Morgan fingerprint density at radius 1 is 0.816 bits per heavy atom. The number of anilines is 1. The van der Waals surface area contributed by atoms with E-state index in [2.05, 4.69) is 15.8 Å². The fraction of sp³-hybridized carbons (Fsp3) is 0.0690. The summed E-state index contributed by atoms with van der Waals surface area (Å²) in [5.41, 5.74) is 5.19. The Bertz CT molecular complexity index is 1430. The van der Waals surface area contributed by atoms with Crippen LogP contribution in [0.5, 0.6) is 11.5 Å². The van der Waals surface area contributed by atoms with Gasteiger partial charge in [-0.15, -0.1) is 0 Å². The highest BCUT2D eigenvalue weighted by molar-refractivity contribution is 6.32. The van der Waals surface area contributed by atoms with Crippen LogP contribution in [0.3, 0.4) is 0 Å². The molecule has 192 valence electrons. The largest absolute Gasteiger partial charge is 0.484 e. The number of nitrogens with one attached hydrogen (secondary N) is 2. The molecular formula is C29H23ClFN3O4. The van der Waals surface area contributed by atoms with E-state index in [1.807, 2.05) is 42.5 Å². The minimum absolute atomic E-state index is 0.0622. The predicted octanol–water partition coefficient (Wildman–Crippen LogP) is 5.69. The van der Waals surface area contributed by atoms with Gasteiger partial charge in [0.15, 0.2) is 13.2 Å². The van der Waals surface area contributed by atoms with Crippen molar-refractivity contribution in [3.05, 3.63) is 113 Å². The first-order valence-electron chi connectivity index (χ1n) is 11.5. The molecule has 0 aliphatic carbocycles. The summed E-state index contributed by atoms with van der Waals surface area (Å²) in [6, 6.07) is 28.0. The van der Waals surface area contributed by atoms with Crippen LogP contribution in [0, 0.1) is 5.82 Å². The molecule has 4 aromatic rings. The molecule has 2 N–H and O–H groups in total. The van der Waals surface area contributed by atoms with Crippen molar-refractivity contribution >= 4 is 35.3 Å². The normalized spacial score (nSPS) is 10.7. The van der Waals surface area contributed by atoms with Gasteiger partial charge in [-0.1, -0.05) is 66.2 Å². The number of benzene rings is 4. The van der Waals surface area contributed by atoms with Gasteiger partial charge in [-0.05, 0) is 59.2 Å². The summed E-state index contributed by atoms with van der Waals surface area (Å²) < 4.78 is 24.6. The number of hydrazone groups is 1. The lowest BCUT2D eigenvalue weighted by molar-refractivity contribution is -0.123. The first-order chi connectivity index (χ1) is 18.5. The number of carbonyl (C=O) groups is 2. The molecular weight excluding hydrogens is 509 g/mol. The van der Waals surface area contributed by atoms with Crippen molar-refractivity contribution in [1.82, 2.24) is 5.43 Å². The van der Waals surface area contributed by atoms with Crippen LogP contribution in [-0.2, 0) is 9.59 Å². The maximum atomic E-state index is 13.6. The molecule has 2 amide bonds. The number of para-hydroxylation sites is 1. The molecule has 4 rings (SSSR count). The third-order valence-electron chi connectivity index (χ3n) is 5.20. The number of ether oxygens (including phenoxy) is 2. The SMILES string of the molecule is O=C(COc1ccc(-c2ccccc2)cc1)N/N=C/c1ccc(OCC(=O)Nc2ccccc2F)c(Cl)c1. The van der Waals surface area contributed by atoms with Crippen LogP contribution >= 0.6 is 11.6 Å². The number of nitrogens with zero attached hydrogens (tertiary/aromatic N) is 1. The third-order valence-corrected chi connectivity index (χ3v) is 5.49. The van der Waals surface area contributed by atoms with Crippen LogP contribution in [0.4, 0.5) is 10.1 Å². The molecule has 9 heteroatoms. The van der Waals surface area contributed by atoms with E-state index in [1.54, 1.807) is 36.4 Å². The average molecular weight is 532 g/mol. The van der Waals surface area contributed by atoms with E-state index in [-0.39, 0.29) is 29.7 Å². The van der Waals surface area contributed by atoms with Crippen LogP contribution in [-0.4, -0.2) is 31.2 Å². The Hall–Kier alpha value is -4.69. The van der Waals surface area contributed by atoms with Crippen LogP contribution in [0.15, 0.2) is 102 Å². The van der Waals surface area contributed by atoms with Crippen molar-refractivity contribution in [2.24, 2.45) is 5.10 Å². The summed E-state index contributed by atoms with van der Waals surface area (Å²) >= 11 is 6.22. The topological polar surface area (TPSA) is 89.0 Å². The highest BCUT2D eigenvalue weighted by atomic mass is 35.5. The zero-order valence-corrected chi connectivity index (χ0v) is 20.8. The van der Waals surface area contributed by atoms with Crippen LogP contribution < -0.4 is 20.2 Å². The molecule has 0 atom stereocenters. The van der Waals surface area contributed by atoms with Gasteiger partial charge in [-0.3, -0.25) is 9.59 Å². The summed E-state index contributed by atoms with van der Waals surface area (Å²) in [7, 11) is 0. The van der Waals surface area contributed by atoms with Gasteiger partial charge in [0.1, 0.15) is 17.3 Å². The van der Waals surface area contributed by atoms with Crippen LogP contribution in [0.25, 0.3) is 11.1 Å². The summed E-state index contributed by atoms with van der Waals surface area (Å²) in [4.78, 5) is 24.1. The van der Waals surface area contributed by atoms with E-state index in [0.29, 0.717) is 11.3 Å². The molecule has 0 heterocycles. The number of hydrogen-bond acceptors (Lipinski definition) is 5. The fourth-order valence-electron chi connectivity index (χ4n) is 3.34. The molecule has 0 fully saturated rings. The van der Waals surface area contributed by atoms with E-state index in [4.69, 9.17) is 21.1 Å². The summed E-state index contributed by atoms with van der Waals surface area (Å²) in [5, 5.41) is 6.57. The number of rotatable bonds is 10. The molecule has 0 saturated heterocycles. The number of carbonyl (C=O) groups excluding carboxylic acids is 2. The van der Waals surface area contributed by atoms with Gasteiger partial charge in [-0.2, -0.15) is 5.10 Å². The summed E-state index contributed by atoms with van der Waals surface area (Å²) in [6.07, 6.45) is 1.41. The average Bonchev–Trinajstić information content (AvgIpc) is 2.93. The molecule has 0 aromatic heterocycles. The molecule has 0 aliphatic heterocycles. The lowest BCUT2D eigenvalue weighted by atomic mass is 10.1. The Kier molecular flexibility index (Phi) is 9.04. The minimum Gasteiger partial charge on any atom is -0.484 e. The molecule has 7 nitrogen and oxygen atoms in total. The fourth-order valence-corrected chi connectivity index (χ4v) is 3.58. The highest BCUT2D eigenvalue weighted by Crippen LogP contribution is 2.25. The molecule has 0 aliphatic rings. The van der Waals surface area contributed by atoms with Crippen molar-refractivity contribution in [3.63, 3.8) is 0 Å². The monoisotopic (exact) mass is 531 g/mol. The molecule has 0 bridgehead atoms. The van der Waals surface area contributed by atoms with E-state index in [9.17, 15) is 14.0 Å². The van der Waals surface area contributed by atoms with Gasteiger partial charge in [-0.25, -0.2) is 9.82 Å². The van der Waals surface area contributed by atoms with Crippen molar-refractivity contribution < 1.29 is 23.5 Å². The van der Waals surface area contributed by atoms with Crippen molar-refractivity contribution in [1.29, 1.82) is 0 Å². The molecule has 0 saturated carbocycles. The van der Waals surface area contributed by atoms with E-state index in [1.165, 1.54) is 24.4 Å². The van der Waals surface area contributed by atoms with Crippen LogP contribution in [0.2, 0.25) is 5.02 Å². The zero-order valence-electron chi connectivity index (χ0n) is 20.1. The van der Waals surface area contributed by atoms with E-state index >= 15 is 0 Å². The Morgan fingerprint density at radius 2 is 1.50 bits per heavy atom. The van der Waals surface area contributed by atoms with Gasteiger partial charge in [0.2, 0.25) is 0 Å². The Balaban J connectivity index is 1.21. The first-order valence-corrected chi connectivity index (χ1v) is 11.9. The molecule has 0 radical (unpaired) electrons. The molecule has 4 aromatic carbocycles. The lowest BCUT2D eigenvalue weighted by Gasteiger charge is -2.09. The van der Waals surface area contributed by atoms with Gasteiger partial charge >= 0.3 is 0 Å². The quantitative estimate of drug-likeness (QED) is 0.203. The second kappa shape index (κ2) is 13.0. The molecule has 0 unspecified atom stereocenters. The maximum Gasteiger partial charge on any atom is 0.277 e. The Morgan fingerprint density at radius 3 is 2.24 bits per heavy atom. The minimum atomic E-state index is -0.543. The first kappa shape index (κ1) is 26.4. The number of hydrogen-bond donors (Lipinski definition) is 2. The smallest absolute Gasteiger partial charge is 0.277 e. The van der Waals surface area contributed by atoms with Gasteiger partial charge in [0, 0.05) is 0 Å². The van der Waals surface area contributed by atoms with Gasteiger partial charge < -0.3 is 14.8 Å². The van der Waals surface area contributed by atoms with Crippen LogP contribution in [0.1, 0.15) is 5.56 Å². The second-order valence-corrected chi connectivity index (χ2v) is 8.39. The Labute approximate surface area is 223 Å². The van der Waals surface area contributed by atoms with Gasteiger partial charge in [0.25, 0.3) is 11.8 Å². The third kappa shape index (κ3) is 7.65. The zero-order chi connectivity index (χ0) is 26.7. The summed E-state index contributed by atoms with van der Waals surface area (Å²) in [5.74, 6) is -0.676. The van der Waals surface area contributed by atoms with Gasteiger partial charge in [0.05, 0.1) is 16.9 Å². The molecule has 38 heavy (non-hydrogen) atoms. The summed E-state index contributed by atoms with van der Waals surface area (Å²) in [6.45, 7) is -0.558. The van der Waals surface area contributed by atoms with E-state index in [0.717, 1.165) is 11.1 Å². The lowest BCUT2D eigenvalue weighted by Crippen LogP contribution is -2.24. The van der Waals surface area contributed by atoms with Crippen molar-refractivity contribution in [2.45, 2.75) is 0 Å². The highest BCUT2D eigenvalue weighted by Gasteiger charge is 2.09. The van der Waals surface area contributed by atoms with E-state index < -0.39 is 17.6 Å². The second-order valence-electron chi connectivity index (χ2n) is 7.98. The number of halogens is 2. The van der Waals surface area contributed by atoms with Crippen molar-refractivity contribution in [2.75, 3.05) is 18.5 Å². The standard InChI is InChI=1S/C29H23ClFN3O4/c30-24-16-20(10-15-27(24)38-18-28(35)33-26-9-5-4-8-25(26)31)17-32-34-29(36)19-37-23-13-11-22(12-14-23)21-6-2-1-3-7-21/h1-17H,18-19H2,(H,33,35)(H,34,36)/b32-17+. The van der Waals surface area contributed by atoms with Crippen molar-refractivity contribution in [3.8, 4) is 22.6 Å². The predicted molar refractivity (Wildman–Crippen MR) is 145 cm³/mol. The molecule has 0 spiro atoms. The number of amides is 2.